The molecule has 0 amide bonds. The average molecular weight is 304 g/mol. The number of aryl methyl sites for hydroxylation is 1. The van der Waals surface area contributed by atoms with E-state index in [9.17, 15) is 8.96 Å². The average Bonchev–Trinajstić information content (AvgIpc) is 2.90. The first-order valence-corrected chi connectivity index (χ1v) is 9.22. The maximum absolute atomic E-state index is 14.0. The Hall–Kier alpha value is -1.67. The largest absolute Gasteiger partial charge is 0.351 e. The lowest BCUT2D eigenvalue weighted by Crippen LogP contribution is -2.13. The summed E-state index contributed by atoms with van der Waals surface area (Å²) in [5, 5.41) is 3.86. The lowest BCUT2D eigenvalue weighted by molar-refractivity contribution is 0.585. The number of aromatic nitrogens is 1. The van der Waals surface area contributed by atoms with Gasteiger partial charge < -0.3 is 9.88 Å². The smallest absolute Gasteiger partial charge is 0.146 e. The van der Waals surface area contributed by atoms with E-state index in [2.05, 4.69) is 10.3 Å². The molecule has 0 atom stereocenters. The van der Waals surface area contributed by atoms with Gasteiger partial charge in [0.15, 0.2) is 0 Å². The Morgan fingerprint density at radius 3 is 2.67 bits per heavy atom. The first-order valence-electron chi connectivity index (χ1n) is 7.14. The number of benzene rings is 1. The molecule has 2 heterocycles. The molecule has 21 heavy (non-hydrogen) atoms. The van der Waals surface area contributed by atoms with E-state index in [-0.39, 0.29) is 5.82 Å². The molecule has 0 saturated carbocycles. The fourth-order valence-electron chi connectivity index (χ4n) is 2.79. The Kier molecular flexibility index (Phi) is 3.81. The van der Waals surface area contributed by atoms with Gasteiger partial charge in [0.2, 0.25) is 0 Å². The van der Waals surface area contributed by atoms with Crippen LogP contribution in [0.25, 0.3) is 0 Å². The van der Waals surface area contributed by atoms with Gasteiger partial charge in [0.1, 0.15) is 13.0 Å². The van der Waals surface area contributed by atoms with Crippen LogP contribution in [0.15, 0.2) is 36.7 Å². The Morgan fingerprint density at radius 2 is 1.95 bits per heavy atom. The molecule has 1 aromatic heterocycles. The SMILES string of the molecule is Cc1ccc(Nc2cnccc2P2(=O)CCCC2)c(F)c1. The van der Waals surface area contributed by atoms with E-state index in [1.54, 1.807) is 24.5 Å². The molecule has 1 aliphatic heterocycles. The van der Waals surface area contributed by atoms with Crippen molar-refractivity contribution in [1.82, 2.24) is 4.98 Å². The lowest BCUT2D eigenvalue weighted by Gasteiger charge is -2.17. The molecule has 1 fully saturated rings. The molecule has 5 heteroatoms. The molecule has 2 aromatic rings. The Balaban J connectivity index is 1.98. The maximum Gasteiger partial charge on any atom is 0.146 e. The van der Waals surface area contributed by atoms with Crippen molar-refractivity contribution in [1.29, 1.82) is 0 Å². The second-order valence-corrected chi connectivity index (χ2v) is 8.70. The minimum absolute atomic E-state index is 0.311. The van der Waals surface area contributed by atoms with Crippen LogP contribution in [0, 0.1) is 12.7 Å². The van der Waals surface area contributed by atoms with Crippen LogP contribution in [0.2, 0.25) is 0 Å². The Morgan fingerprint density at radius 1 is 1.19 bits per heavy atom. The van der Waals surface area contributed by atoms with Gasteiger partial charge in [-0.15, -0.1) is 0 Å². The van der Waals surface area contributed by atoms with Crippen molar-refractivity contribution in [3.05, 3.63) is 48.0 Å². The molecule has 1 aromatic carbocycles. The van der Waals surface area contributed by atoms with Crippen LogP contribution in [0.1, 0.15) is 18.4 Å². The molecule has 0 radical (unpaired) electrons. The zero-order valence-electron chi connectivity index (χ0n) is 12.0. The van der Waals surface area contributed by atoms with E-state index in [0.29, 0.717) is 11.4 Å². The molecule has 1 aliphatic rings. The van der Waals surface area contributed by atoms with Crippen molar-refractivity contribution in [3.8, 4) is 0 Å². The Labute approximate surface area is 124 Å². The fraction of sp³-hybridized carbons (Fsp3) is 0.312. The molecule has 0 aliphatic carbocycles. The summed E-state index contributed by atoms with van der Waals surface area (Å²) in [4.78, 5) is 4.09. The van der Waals surface area contributed by atoms with Gasteiger partial charge in [0.05, 0.1) is 17.6 Å². The molecule has 1 saturated heterocycles. The highest BCUT2D eigenvalue weighted by Gasteiger charge is 2.31. The number of nitrogens with one attached hydrogen (secondary N) is 1. The minimum Gasteiger partial charge on any atom is -0.351 e. The summed E-state index contributed by atoms with van der Waals surface area (Å²) in [6.07, 6.45) is 6.76. The zero-order valence-corrected chi connectivity index (χ0v) is 12.9. The zero-order chi connectivity index (χ0) is 14.9. The van der Waals surface area contributed by atoms with Crippen LogP contribution in [-0.2, 0) is 4.57 Å². The maximum atomic E-state index is 14.0. The third-order valence-electron chi connectivity index (χ3n) is 3.92. The normalized spacial score (nSPS) is 16.9. The van der Waals surface area contributed by atoms with Crippen molar-refractivity contribution < 1.29 is 8.96 Å². The highest BCUT2D eigenvalue weighted by atomic mass is 31.2. The number of hydrogen-bond acceptors (Lipinski definition) is 3. The monoisotopic (exact) mass is 304 g/mol. The van der Waals surface area contributed by atoms with Crippen LogP contribution in [0.3, 0.4) is 0 Å². The fourth-order valence-corrected chi connectivity index (χ4v) is 5.86. The van der Waals surface area contributed by atoms with E-state index >= 15 is 0 Å². The van der Waals surface area contributed by atoms with Gasteiger partial charge >= 0.3 is 0 Å². The summed E-state index contributed by atoms with van der Waals surface area (Å²) in [6.45, 7) is 1.85. The van der Waals surface area contributed by atoms with Gasteiger partial charge in [0, 0.05) is 23.8 Å². The Bertz CT molecular complexity index is 707. The molecular weight excluding hydrogens is 286 g/mol. The van der Waals surface area contributed by atoms with Gasteiger partial charge in [-0.2, -0.15) is 0 Å². The molecule has 3 nitrogen and oxygen atoms in total. The van der Waals surface area contributed by atoms with Gasteiger partial charge in [-0.25, -0.2) is 4.39 Å². The molecule has 3 rings (SSSR count). The summed E-state index contributed by atoms with van der Waals surface area (Å²) >= 11 is 0. The third-order valence-corrected chi connectivity index (χ3v) is 7.26. The first kappa shape index (κ1) is 14.3. The summed E-state index contributed by atoms with van der Waals surface area (Å²) in [7, 11) is -2.35. The van der Waals surface area contributed by atoms with Crippen molar-refractivity contribution in [2.24, 2.45) is 0 Å². The van der Waals surface area contributed by atoms with Crippen molar-refractivity contribution in [3.63, 3.8) is 0 Å². The second-order valence-electron chi connectivity index (χ2n) is 5.54. The molecule has 0 unspecified atom stereocenters. The highest BCUT2D eigenvalue weighted by Crippen LogP contribution is 2.52. The summed E-state index contributed by atoms with van der Waals surface area (Å²) in [5.74, 6) is -0.311. The first-order chi connectivity index (χ1) is 10.1. The molecular formula is C16H18FN2OP. The van der Waals surface area contributed by atoms with Gasteiger partial charge in [0.25, 0.3) is 0 Å². The van der Waals surface area contributed by atoms with Crippen LogP contribution < -0.4 is 10.6 Å². The summed E-state index contributed by atoms with van der Waals surface area (Å²) in [5.41, 5.74) is 1.92. The lowest BCUT2D eigenvalue weighted by atomic mass is 10.2. The van der Waals surface area contributed by atoms with E-state index in [0.717, 1.165) is 36.0 Å². The second kappa shape index (κ2) is 5.61. The van der Waals surface area contributed by atoms with Crippen molar-refractivity contribution in [2.75, 3.05) is 17.6 Å². The van der Waals surface area contributed by atoms with E-state index in [4.69, 9.17) is 0 Å². The van der Waals surface area contributed by atoms with Crippen LogP contribution in [0.4, 0.5) is 15.8 Å². The van der Waals surface area contributed by atoms with E-state index in [1.807, 2.05) is 13.0 Å². The van der Waals surface area contributed by atoms with Crippen LogP contribution in [0.5, 0.6) is 0 Å². The quantitative estimate of drug-likeness (QED) is 0.870. The summed E-state index contributed by atoms with van der Waals surface area (Å²) in [6, 6.07) is 6.84. The van der Waals surface area contributed by atoms with Gasteiger partial charge in [-0.05, 0) is 43.5 Å². The van der Waals surface area contributed by atoms with Gasteiger partial charge in [-0.1, -0.05) is 6.07 Å². The van der Waals surface area contributed by atoms with E-state index in [1.165, 1.54) is 6.07 Å². The molecule has 1 N–H and O–H groups in total. The number of pyridine rings is 1. The van der Waals surface area contributed by atoms with E-state index < -0.39 is 7.14 Å². The number of halogens is 1. The van der Waals surface area contributed by atoms with Crippen molar-refractivity contribution >= 4 is 23.8 Å². The molecule has 110 valence electrons. The predicted molar refractivity (Wildman–Crippen MR) is 84.9 cm³/mol. The number of hydrogen-bond donors (Lipinski definition) is 1. The molecule has 0 bridgehead atoms. The number of rotatable bonds is 3. The van der Waals surface area contributed by atoms with Crippen LogP contribution >= 0.6 is 7.14 Å². The minimum atomic E-state index is -2.35. The van der Waals surface area contributed by atoms with Gasteiger partial charge in [-0.3, -0.25) is 4.98 Å². The number of nitrogens with zero attached hydrogens (tertiary/aromatic N) is 1. The standard InChI is InChI=1S/C16H18FN2OP/c1-12-4-5-14(13(17)10-12)19-15-11-18-7-6-16(15)21(20)8-2-3-9-21/h4-7,10-11,19H,2-3,8-9H2,1H3. The highest BCUT2D eigenvalue weighted by molar-refractivity contribution is 7.72. The number of anilines is 2. The van der Waals surface area contributed by atoms with Crippen LogP contribution in [-0.4, -0.2) is 17.3 Å². The summed E-state index contributed by atoms with van der Waals surface area (Å²) < 4.78 is 27.0. The third kappa shape index (κ3) is 2.86. The molecule has 0 spiro atoms. The van der Waals surface area contributed by atoms with Crippen molar-refractivity contribution in [2.45, 2.75) is 19.8 Å². The topological polar surface area (TPSA) is 42.0 Å². The predicted octanol–water partition coefficient (Wildman–Crippen LogP) is 4.05.